The summed E-state index contributed by atoms with van der Waals surface area (Å²) in [5, 5.41) is 25.0. The third kappa shape index (κ3) is 4.82. The molecule has 1 atom stereocenters. The molecule has 0 aliphatic heterocycles. The minimum atomic E-state index is -1.18. The molecule has 0 saturated carbocycles. The van der Waals surface area contributed by atoms with Gasteiger partial charge in [0.15, 0.2) is 0 Å². The van der Waals surface area contributed by atoms with Gasteiger partial charge in [-0.3, -0.25) is 14.6 Å². The lowest BCUT2D eigenvalue weighted by molar-refractivity contribution is 0.1000. The molecule has 1 unspecified atom stereocenters. The van der Waals surface area contributed by atoms with Gasteiger partial charge in [-0.25, -0.2) is 4.79 Å². The molecule has 4 rings (SSSR count). The molecule has 10 heteroatoms. The van der Waals surface area contributed by atoms with Crippen molar-refractivity contribution < 1.29 is 19.7 Å². The van der Waals surface area contributed by atoms with E-state index >= 15 is 0 Å². The average molecular weight is 474 g/mol. The zero-order valence-corrected chi connectivity index (χ0v) is 18.9. The highest BCUT2D eigenvalue weighted by Gasteiger charge is 2.18. The molecule has 0 saturated heterocycles. The number of aromatic amines is 1. The van der Waals surface area contributed by atoms with E-state index in [9.17, 15) is 24.6 Å². The minimum absolute atomic E-state index is 0.129. The van der Waals surface area contributed by atoms with Gasteiger partial charge in [-0.1, -0.05) is 12.1 Å². The zero-order chi connectivity index (χ0) is 25.3. The van der Waals surface area contributed by atoms with Crippen LogP contribution in [0.5, 0.6) is 17.2 Å². The number of phenolic OH excluding ortho intramolecular Hbond substituents is 1. The van der Waals surface area contributed by atoms with Gasteiger partial charge >= 0.3 is 5.69 Å². The summed E-state index contributed by atoms with van der Waals surface area (Å²) in [6, 6.07) is 14.0. The summed E-state index contributed by atoms with van der Waals surface area (Å²) in [5.41, 5.74) is 6.81. The lowest BCUT2D eigenvalue weighted by atomic mass is 9.99. The summed E-state index contributed by atoms with van der Waals surface area (Å²) in [5.74, 6) is 0.172. The summed E-state index contributed by atoms with van der Waals surface area (Å²) in [4.78, 5) is 36.8. The SMILES string of the molecule is Cc1cc(-n2ncc(=O)[nH]c2=O)cc(C)c1Oc1ccc(O)c(C(O)c2ccc(C(N)=O)cc2)c1. The molecule has 0 fully saturated rings. The maximum absolute atomic E-state index is 12.1. The number of nitrogens with zero attached hydrogens (tertiary/aromatic N) is 2. The molecule has 10 nitrogen and oxygen atoms in total. The van der Waals surface area contributed by atoms with E-state index in [1.807, 2.05) is 0 Å². The van der Waals surface area contributed by atoms with Crippen molar-refractivity contribution in [2.75, 3.05) is 0 Å². The van der Waals surface area contributed by atoms with E-state index in [1.54, 1.807) is 44.2 Å². The van der Waals surface area contributed by atoms with Crippen LogP contribution in [0.2, 0.25) is 0 Å². The number of nitrogens with two attached hydrogens (primary N) is 1. The Balaban J connectivity index is 1.64. The number of amides is 1. The van der Waals surface area contributed by atoms with Gasteiger partial charge < -0.3 is 20.7 Å². The number of aliphatic hydroxyl groups is 1. The molecule has 4 aromatic rings. The van der Waals surface area contributed by atoms with Crippen molar-refractivity contribution >= 4 is 5.91 Å². The molecule has 0 radical (unpaired) electrons. The number of hydrogen-bond acceptors (Lipinski definition) is 7. The number of primary amides is 1. The topological polar surface area (TPSA) is 161 Å². The number of benzene rings is 3. The summed E-state index contributed by atoms with van der Waals surface area (Å²) in [6.45, 7) is 3.58. The van der Waals surface area contributed by atoms with Gasteiger partial charge in [0.1, 0.15) is 29.5 Å². The number of nitrogens with one attached hydrogen (secondary N) is 1. The molecule has 35 heavy (non-hydrogen) atoms. The van der Waals surface area contributed by atoms with Crippen molar-refractivity contribution in [3.8, 4) is 22.9 Å². The predicted octanol–water partition coefficient (Wildman–Crippen LogP) is 2.22. The molecule has 0 bridgehead atoms. The van der Waals surface area contributed by atoms with Crippen molar-refractivity contribution in [2.24, 2.45) is 5.73 Å². The lowest BCUT2D eigenvalue weighted by Gasteiger charge is -2.17. The van der Waals surface area contributed by atoms with E-state index in [4.69, 9.17) is 10.5 Å². The molecule has 0 aliphatic rings. The van der Waals surface area contributed by atoms with Crippen LogP contribution < -0.4 is 21.7 Å². The normalized spacial score (nSPS) is 11.7. The fourth-order valence-electron chi connectivity index (χ4n) is 3.69. The zero-order valence-electron chi connectivity index (χ0n) is 18.9. The Morgan fingerprint density at radius 2 is 1.71 bits per heavy atom. The average Bonchev–Trinajstić information content (AvgIpc) is 2.82. The Hall–Kier alpha value is -4.70. The summed E-state index contributed by atoms with van der Waals surface area (Å²) >= 11 is 0. The first-order chi connectivity index (χ1) is 16.6. The van der Waals surface area contributed by atoms with Crippen molar-refractivity contribution in [2.45, 2.75) is 20.0 Å². The second-order valence-corrected chi connectivity index (χ2v) is 7.97. The Morgan fingerprint density at radius 1 is 1.06 bits per heavy atom. The Bertz CT molecular complexity index is 1520. The molecule has 0 aliphatic carbocycles. The highest BCUT2D eigenvalue weighted by molar-refractivity contribution is 5.92. The van der Waals surface area contributed by atoms with Gasteiger partial charge in [0.05, 0.1) is 5.69 Å². The first kappa shape index (κ1) is 23.5. The number of hydrogen-bond donors (Lipinski definition) is 4. The standard InChI is InChI=1S/C25H22N4O6/c1-13-9-17(29-25(34)28-21(31)12-27-29)10-14(2)23(13)35-18-7-8-20(30)19(11-18)22(32)15-3-5-16(6-4-15)24(26)33/h3-12,22,30,32H,1-2H3,(H2,26,33)(H,28,31,34). The Kier molecular flexibility index (Phi) is 6.22. The number of phenols is 1. The van der Waals surface area contributed by atoms with Gasteiger partial charge in [0.25, 0.3) is 5.56 Å². The van der Waals surface area contributed by atoms with E-state index in [-0.39, 0.29) is 11.3 Å². The van der Waals surface area contributed by atoms with E-state index in [0.29, 0.717) is 39.4 Å². The predicted molar refractivity (Wildman–Crippen MR) is 127 cm³/mol. The van der Waals surface area contributed by atoms with Crippen LogP contribution in [0.1, 0.15) is 38.7 Å². The Labute approximate surface area is 198 Å². The molecule has 3 aromatic carbocycles. The number of aryl methyl sites for hydroxylation is 2. The van der Waals surface area contributed by atoms with Crippen LogP contribution in [0.4, 0.5) is 0 Å². The molecule has 1 heterocycles. The van der Waals surface area contributed by atoms with Crippen molar-refractivity contribution in [3.05, 3.63) is 109 Å². The van der Waals surface area contributed by atoms with Gasteiger partial charge in [0, 0.05) is 11.1 Å². The molecule has 1 amide bonds. The molecular formula is C25H22N4O6. The van der Waals surface area contributed by atoms with Crippen LogP contribution in [0, 0.1) is 13.8 Å². The largest absolute Gasteiger partial charge is 0.508 e. The number of H-pyrrole nitrogens is 1. The smallest absolute Gasteiger partial charge is 0.349 e. The second kappa shape index (κ2) is 9.27. The van der Waals surface area contributed by atoms with Crippen LogP contribution in [-0.2, 0) is 0 Å². The van der Waals surface area contributed by atoms with Gasteiger partial charge in [0.2, 0.25) is 5.91 Å². The number of aromatic nitrogens is 3. The van der Waals surface area contributed by atoms with Crippen LogP contribution in [0.3, 0.4) is 0 Å². The van der Waals surface area contributed by atoms with E-state index in [0.717, 1.165) is 10.9 Å². The lowest BCUT2D eigenvalue weighted by Crippen LogP contribution is -2.30. The van der Waals surface area contributed by atoms with Crippen LogP contribution in [0.15, 0.2) is 70.4 Å². The van der Waals surface area contributed by atoms with E-state index in [1.165, 1.54) is 24.3 Å². The number of aromatic hydroxyl groups is 1. The summed E-state index contributed by atoms with van der Waals surface area (Å²) in [6.07, 6.45) is -0.162. The molecule has 178 valence electrons. The fourth-order valence-corrected chi connectivity index (χ4v) is 3.69. The van der Waals surface area contributed by atoms with Gasteiger partial charge in [-0.2, -0.15) is 9.78 Å². The molecule has 0 spiro atoms. The molecule has 1 aromatic heterocycles. The Morgan fingerprint density at radius 3 is 2.31 bits per heavy atom. The third-order valence-electron chi connectivity index (χ3n) is 5.43. The number of carbonyl (C=O) groups excluding carboxylic acids is 1. The van der Waals surface area contributed by atoms with Crippen LogP contribution >= 0.6 is 0 Å². The second-order valence-electron chi connectivity index (χ2n) is 7.97. The maximum Gasteiger partial charge on any atom is 0.349 e. The first-order valence-electron chi connectivity index (χ1n) is 10.5. The highest BCUT2D eigenvalue weighted by atomic mass is 16.5. The van der Waals surface area contributed by atoms with Gasteiger partial charge in [-0.05, 0) is 73.0 Å². The molecular weight excluding hydrogens is 452 g/mol. The van der Waals surface area contributed by atoms with Crippen LogP contribution in [-0.4, -0.2) is 30.9 Å². The number of aliphatic hydroxyl groups excluding tert-OH is 1. The summed E-state index contributed by atoms with van der Waals surface area (Å²) in [7, 11) is 0. The third-order valence-corrected chi connectivity index (χ3v) is 5.43. The highest BCUT2D eigenvalue weighted by Crippen LogP contribution is 2.36. The monoisotopic (exact) mass is 474 g/mol. The quantitative estimate of drug-likeness (QED) is 0.333. The van der Waals surface area contributed by atoms with Crippen LogP contribution in [0.25, 0.3) is 5.69 Å². The minimum Gasteiger partial charge on any atom is -0.508 e. The fraction of sp³-hybridized carbons (Fsp3) is 0.120. The number of rotatable bonds is 6. The molecule has 5 N–H and O–H groups in total. The maximum atomic E-state index is 12.1. The van der Waals surface area contributed by atoms with Crippen molar-refractivity contribution in [3.63, 3.8) is 0 Å². The van der Waals surface area contributed by atoms with Gasteiger partial charge in [-0.15, -0.1) is 0 Å². The van der Waals surface area contributed by atoms with Crippen molar-refractivity contribution in [1.82, 2.24) is 14.8 Å². The van der Waals surface area contributed by atoms with Crippen molar-refractivity contribution in [1.29, 1.82) is 0 Å². The first-order valence-corrected chi connectivity index (χ1v) is 10.5. The number of ether oxygens (including phenoxy) is 1. The number of carbonyl (C=O) groups is 1. The summed E-state index contributed by atoms with van der Waals surface area (Å²) < 4.78 is 7.14. The van der Waals surface area contributed by atoms with E-state index in [2.05, 4.69) is 10.1 Å². The van der Waals surface area contributed by atoms with E-state index < -0.39 is 23.3 Å².